The second-order valence-electron chi connectivity index (χ2n) is 3.83. The van der Waals surface area contributed by atoms with E-state index in [0.717, 1.165) is 17.7 Å². The molecule has 6 nitrogen and oxygen atoms in total. The van der Waals surface area contributed by atoms with Gasteiger partial charge in [-0.05, 0) is 24.3 Å². The monoisotopic (exact) mass is 269 g/mol. The van der Waals surface area contributed by atoms with Crippen LogP contribution in [0.5, 0.6) is 0 Å². The molecule has 0 saturated heterocycles. The molecule has 0 bridgehead atoms. The molecule has 2 rings (SSSR count). The third-order valence-corrected chi connectivity index (χ3v) is 2.38. The van der Waals surface area contributed by atoms with Crippen LogP contribution in [0.2, 0.25) is 0 Å². The first-order valence-electron chi connectivity index (χ1n) is 5.73. The Hall–Kier alpha value is -3.02. The molecule has 2 aromatic rings. The third-order valence-electron chi connectivity index (χ3n) is 2.38. The lowest BCUT2D eigenvalue weighted by molar-refractivity contribution is -0.131. The highest BCUT2D eigenvalue weighted by atomic mass is 16.4. The van der Waals surface area contributed by atoms with Gasteiger partial charge in [-0.1, -0.05) is 0 Å². The molecular formula is C14H11N3O3. The molecule has 2 aromatic heterocycles. The van der Waals surface area contributed by atoms with Gasteiger partial charge in [0.15, 0.2) is 0 Å². The van der Waals surface area contributed by atoms with Gasteiger partial charge < -0.3 is 10.4 Å². The first-order chi connectivity index (χ1) is 9.65. The fraction of sp³-hybridized carbons (Fsp3) is 0. The molecule has 0 aliphatic heterocycles. The summed E-state index contributed by atoms with van der Waals surface area (Å²) >= 11 is 0. The molecule has 0 aromatic carbocycles. The second kappa shape index (κ2) is 6.24. The maximum absolute atomic E-state index is 11.5. The molecular weight excluding hydrogens is 258 g/mol. The average molecular weight is 269 g/mol. The van der Waals surface area contributed by atoms with E-state index in [9.17, 15) is 9.59 Å². The second-order valence-corrected chi connectivity index (χ2v) is 3.83. The molecule has 0 aliphatic carbocycles. The Labute approximate surface area is 114 Å². The smallest absolute Gasteiger partial charge is 0.328 e. The Bertz CT molecular complexity index is 654. The minimum atomic E-state index is -1.17. The highest BCUT2D eigenvalue weighted by Gasteiger charge is 2.03. The van der Waals surface area contributed by atoms with E-state index in [1.165, 1.54) is 0 Å². The van der Waals surface area contributed by atoms with E-state index in [0.29, 0.717) is 11.4 Å². The Morgan fingerprint density at radius 3 is 2.55 bits per heavy atom. The summed E-state index contributed by atoms with van der Waals surface area (Å²) < 4.78 is 0. The van der Waals surface area contributed by atoms with Gasteiger partial charge in [0.2, 0.25) is 5.91 Å². The number of anilines is 1. The zero-order chi connectivity index (χ0) is 14.4. The van der Waals surface area contributed by atoms with Gasteiger partial charge in [-0.2, -0.15) is 0 Å². The van der Waals surface area contributed by atoms with E-state index in [1.807, 2.05) is 0 Å². The highest BCUT2D eigenvalue weighted by Crippen LogP contribution is 2.19. The highest BCUT2D eigenvalue weighted by molar-refractivity contribution is 6.02. The Balaban J connectivity index is 2.15. The largest absolute Gasteiger partial charge is 0.478 e. The van der Waals surface area contributed by atoms with Crippen LogP contribution in [0.3, 0.4) is 0 Å². The maximum Gasteiger partial charge on any atom is 0.328 e. The SMILES string of the molecule is O=C(O)/C=C/C(=O)Nc1ccnc(-c2ccncc2)c1. The van der Waals surface area contributed by atoms with Crippen molar-refractivity contribution < 1.29 is 14.7 Å². The molecule has 0 spiro atoms. The predicted octanol–water partition coefficient (Wildman–Crippen LogP) is 1.72. The minimum Gasteiger partial charge on any atom is -0.478 e. The summed E-state index contributed by atoms with van der Waals surface area (Å²) in [6, 6.07) is 6.93. The number of rotatable bonds is 4. The van der Waals surface area contributed by atoms with Crippen molar-refractivity contribution in [2.45, 2.75) is 0 Å². The van der Waals surface area contributed by atoms with E-state index in [-0.39, 0.29) is 0 Å². The fourth-order valence-corrected chi connectivity index (χ4v) is 1.52. The molecule has 0 fully saturated rings. The van der Waals surface area contributed by atoms with Gasteiger partial charge in [-0.3, -0.25) is 14.8 Å². The van der Waals surface area contributed by atoms with Crippen molar-refractivity contribution in [2.75, 3.05) is 5.32 Å². The number of hydrogen-bond acceptors (Lipinski definition) is 4. The van der Waals surface area contributed by atoms with Crippen LogP contribution in [0.25, 0.3) is 11.3 Å². The van der Waals surface area contributed by atoms with Crippen molar-refractivity contribution in [3.8, 4) is 11.3 Å². The zero-order valence-corrected chi connectivity index (χ0v) is 10.4. The van der Waals surface area contributed by atoms with Crippen LogP contribution < -0.4 is 5.32 Å². The number of nitrogens with one attached hydrogen (secondary N) is 1. The van der Waals surface area contributed by atoms with Crippen molar-refractivity contribution in [3.05, 3.63) is 55.0 Å². The lowest BCUT2D eigenvalue weighted by atomic mass is 10.1. The molecule has 0 radical (unpaired) electrons. The van der Waals surface area contributed by atoms with Crippen LogP contribution in [0.15, 0.2) is 55.0 Å². The van der Waals surface area contributed by atoms with Gasteiger partial charge in [0.1, 0.15) is 0 Å². The van der Waals surface area contributed by atoms with Gasteiger partial charge in [0.05, 0.1) is 5.69 Å². The van der Waals surface area contributed by atoms with Gasteiger partial charge in [-0.25, -0.2) is 4.79 Å². The minimum absolute atomic E-state index is 0.515. The number of aliphatic carboxylic acids is 1. The van der Waals surface area contributed by atoms with Crippen LogP contribution in [-0.4, -0.2) is 27.0 Å². The molecule has 20 heavy (non-hydrogen) atoms. The quantitative estimate of drug-likeness (QED) is 0.824. The third kappa shape index (κ3) is 3.74. The number of carboxylic acid groups (broad SMARTS) is 1. The average Bonchev–Trinajstić information content (AvgIpc) is 2.46. The zero-order valence-electron chi connectivity index (χ0n) is 10.4. The molecule has 1 amide bonds. The number of hydrogen-bond donors (Lipinski definition) is 2. The summed E-state index contributed by atoms with van der Waals surface area (Å²) in [5.74, 6) is -1.69. The predicted molar refractivity (Wildman–Crippen MR) is 72.9 cm³/mol. The molecule has 0 aliphatic rings. The number of carbonyl (C=O) groups excluding carboxylic acids is 1. The molecule has 0 unspecified atom stereocenters. The Morgan fingerprint density at radius 1 is 1.10 bits per heavy atom. The molecule has 100 valence electrons. The van der Waals surface area contributed by atoms with E-state index in [2.05, 4.69) is 15.3 Å². The number of carbonyl (C=O) groups is 2. The van der Waals surface area contributed by atoms with Crippen LogP contribution in [-0.2, 0) is 9.59 Å². The van der Waals surface area contributed by atoms with Gasteiger partial charge in [-0.15, -0.1) is 0 Å². The van der Waals surface area contributed by atoms with Crippen LogP contribution in [0.4, 0.5) is 5.69 Å². The Morgan fingerprint density at radius 2 is 1.85 bits per heavy atom. The van der Waals surface area contributed by atoms with Crippen molar-refractivity contribution in [1.82, 2.24) is 9.97 Å². The summed E-state index contributed by atoms with van der Waals surface area (Å²) in [7, 11) is 0. The van der Waals surface area contributed by atoms with Crippen molar-refractivity contribution in [3.63, 3.8) is 0 Å². The Kier molecular flexibility index (Phi) is 4.18. The van der Waals surface area contributed by atoms with Crippen molar-refractivity contribution in [1.29, 1.82) is 0 Å². The maximum atomic E-state index is 11.5. The standard InChI is InChI=1S/C14H11N3O3/c18-13(1-2-14(19)20)17-11-5-8-16-12(9-11)10-3-6-15-7-4-10/h1-9H,(H,19,20)(H,16,17,18)/b2-1+. The van der Waals surface area contributed by atoms with Crippen molar-refractivity contribution in [2.24, 2.45) is 0 Å². The topological polar surface area (TPSA) is 92.2 Å². The van der Waals surface area contributed by atoms with Crippen LogP contribution in [0.1, 0.15) is 0 Å². The van der Waals surface area contributed by atoms with E-state index in [1.54, 1.807) is 42.9 Å². The van der Waals surface area contributed by atoms with Gasteiger partial charge in [0, 0.05) is 42.0 Å². The van der Waals surface area contributed by atoms with Gasteiger partial charge in [0.25, 0.3) is 0 Å². The number of nitrogens with zero attached hydrogens (tertiary/aromatic N) is 2. The van der Waals surface area contributed by atoms with E-state index in [4.69, 9.17) is 5.11 Å². The molecule has 0 saturated carbocycles. The summed E-state index contributed by atoms with van der Waals surface area (Å²) in [6.45, 7) is 0. The van der Waals surface area contributed by atoms with E-state index >= 15 is 0 Å². The summed E-state index contributed by atoms with van der Waals surface area (Å²) in [4.78, 5) is 29.9. The molecule has 2 heterocycles. The normalized spacial score (nSPS) is 10.4. The fourth-order valence-electron chi connectivity index (χ4n) is 1.52. The lowest BCUT2D eigenvalue weighted by Gasteiger charge is -2.05. The van der Waals surface area contributed by atoms with Gasteiger partial charge >= 0.3 is 5.97 Å². The molecule has 2 N–H and O–H groups in total. The summed E-state index contributed by atoms with van der Waals surface area (Å²) in [5, 5.41) is 11.0. The summed E-state index contributed by atoms with van der Waals surface area (Å²) in [5.41, 5.74) is 2.09. The van der Waals surface area contributed by atoms with Crippen molar-refractivity contribution >= 4 is 17.6 Å². The first kappa shape index (κ1) is 13.4. The number of carboxylic acids is 1. The van der Waals surface area contributed by atoms with E-state index < -0.39 is 11.9 Å². The number of amides is 1. The molecule has 0 atom stereocenters. The lowest BCUT2D eigenvalue weighted by Crippen LogP contribution is -2.08. The number of aromatic nitrogens is 2. The number of pyridine rings is 2. The first-order valence-corrected chi connectivity index (χ1v) is 5.73. The molecule has 6 heteroatoms. The van der Waals surface area contributed by atoms with Crippen LogP contribution in [0, 0.1) is 0 Å². The summed E-state index contributed by atoms with van der Waals surface area (Å²) in [6.07, 6.45) is 6.59. The van der Waals surface area contributed by atoms with Crippen LogP contribution >= 0.6 is 0 Å².